The number of aryl methyl sites for hydroxylation is 2. The van der Waals surface area contributed by atoms with Crippen molar-refractivity contribution in [2.75, 3.05) is 32.1 Å². The Bertz CT molecular complexity index is 2410. The molecule has 4 heterocycles. The molecule has 0 spiro atoms. The Morgan fingerprint density at radius 1 is 1.00 bits per heavy atom. The van der Waals surface area contributed by atoms with Gasteiger partial charge in [-0.2, -0.15) is 0 Å². The van der Waals surface area contributed by atoms with Gasteiger partial charge < -0.3 is 14.8 Å². The number of likely N-dealkylation sites (tertiary alicyclic amines) is 1. The van der Waals surface area contributed by atoms with Gasteiger partial charge in [-0.1, -0.05) is 41.9 Å². The third-order valence-electron chi connectivity index (χ3n) is 10.8. The lowest BCUT2D eigenvalue weighted by molar-refractivity contribution is -0.149. The van der Waals surface area contributed by atoms with Crippen LogP contribution in [0.5, 0.6) is 5.88 Å². The minimum Gasteiger partial charge on any atom is -0.481 e. The third-order valence-corrected chi connectivity index (χ3v) is 11.2. The number of hydrogen-bond donors (Lipinski definition) is 1. The van der Waals surface area contributed by atoms with E-state index in [0.717, 1.165) is 81.8 Å². The van der Waals surface area contributed by atoms with Crippen molar-refractivity contribution in [1.82, 2.24) is 24.0 Å². The van der Waals surface area contributed by atoms with Crippen LogP contribution in [-0.2, 0) is 30.0 Å². The van der Waals surface area contributed by atoms with Crippen molar-refractivity contribution in [2.24, 2.45) is 20.0 Å². The van der Waals surface area contributed by atoms with Crippen LogP contribution < -0.4 is 21.3 Å². The monoisotopic (exact) mass is 758 g/mol. The Labute approximate surface area is 315 Å². The molecule has 3 aromatic heterocycles. The standard InChI is InChI=1S/C40H41ClF2N6O5/c1-6-54-39(51)22-15-17-49(18-16-22)30-14-13-23-19-28(46-37(53-5)32(23)30)26-11-7-10-25(34(26)41)24-9-8-12-27(21(24)2)44-36-33-31(20-29(45-36)35(42)43)47(3)40(52)48(4)38(33)50/h7-12,19-20,22,30,35H,6,13-18H2,1-5H3,(H,44,45). The SMILES string of the molecule is CCOC(=O)C1CCN(C2CCc3cc(-c4cccc(-c5cccc(Nc6nc(C(F)F)cc7c6c(=O)n(C)c(=O)n7C)c5C)c4Cl)nc(OC)c32)CC1. The number of piperidine rings is 1. The summed E-state index contributed by atoms with van der Waals surface area (Å²) < 4.78 is 41.2. The van der Waals surface area contributed by atoms with Crippen molar-refractivity contribution in [3.8, 4) is 28.3 Å². The molecule has 5 aromatic rings. The van der Waals surface area contributed by atoms with E-state index in [0.29, 0.717) is 34.5 Å². The highest BCUT2D eigenvalue weighted by Crippen LogP contribution is 2.46. The number of anilines is 2. The van der Waals surface area contributed by atoms with Crippen molar-refractivity contribution in [3.05, 3.63) is 96.8 Å². The lowest BCUT2D eigenvalue weighted by Gasteiger charge is -2.35. The van der Waals surface area contributed by atoms with Gasteiger partial charge in [-0.25, -0.2) is 23.5 Å². The minimum absolute atomic E-state index is 0.00820. The van der Waals surface area contributed by atoms with E-state index in [-0.39, 0.29) is 34.6 Å². The summed E-state index contributed by atoms with van der Waals surface area (Å²) in [4.78, 5) is 49.8. The minimum atomic E-state index is -2.93. The second kappa shape index (κ2) is 14.9. The molecule has 1 aliphatic heterocycles. The molecule has 11 nitrogen and oxygen atoms in total. The van der Waals surface area contributed by atoms with E-state index < -0.39 is 23.4 Å². The maximum atomic E-state index is 14.0. The molecule has 2 aromatic carbocycles. The van der Waals surface area contributed by atoms with Crippen LogP contribution in [0.3, 0.4) is 0 Å². The fourth-order valence-electron chi connectivity index (χ4n) is 7.89. The predicted molar refractivity (Wildman–Crippen MR) is 204 cm³/mol. The number of hydrogen-bond acceptors (Lipinski definition) is 9. The van der Waals surface area contributed by atoms with Crippen LogP contribution in [0.25, 0.3) is 33.3 Å². The number of benzene rings is 2. The Balaban J connectivity index is 1.22. The second-order valence-electron chi connectivity index (χ2n) is 13.8. The normalized spacial score (nSPS) is 16.2. The number of halogens is 3. The summed E-state index contributed by atoms with van der Waals surface area (Å²) in [7, 11) is 4.38. The molecule has 0 bridgehead atoms. The lowest BCUT2D eigenvalue weighted by Crippen LogP contribution is -2.38. The summed E-state index contributed by atoms with van der Waals surface area (Å²) in [6.45, 7) is 5.66. The molecule has 1 saturated heterocycles. The molecule has 0 radical (unpaired) electrons. The molecule has 1 atom stereocenters. The number of methoxy groups -OCH3 is 1. The summed E-state index contributed by atoms with van der Waals surface area (Å²) >= 11 is 7.21. The third kappa shape index (κ3) is 6.53. The van der Waals surface area contributed by atoms with Crippen LogP contribution in [0.2, 0.25) is 5.02 Å². The molecule has 1 fully saturated rings. The smallest absolute Gasteiger partial charge is 0.330 e. The summed E-state index contributed by atoms with van der Waals surface area (Å²) in [5.74, 6) is 0.278. The first kappa shape index (κ1) is 37.2. The van der Waals surface area contributed by atoms with Gasteiger partial charge in [0.2, 0.25) is 5.88 Å². The van der Waals surface area contributed by atoms with E-state index >= 15 is 0 Å². The molecule has 14 heteroatoms. The highest BCUT2D eigenvalue weighted by Gasteiger charge is 2.36. The van der Waals surface area contributed by atoms with Gasteiger partial charge in [0.1, 0.15) is 16.9 Å². The van der Waals surface area contributed by atoms with Gasteiger partial charge in [-0.05, 0) is 87.5 Å². The van der Waals surface area contributed by atoms with Crippen molar-refractivity contribution >= 4 is 40.0 Å². The number of carbonyl (C=O) groups excluding carboxylic acids is 1. The van der Waals surface area contributed by atoms with Gasteiger partial charge in [-0.3, -0.25) is 23.6 Å². The van der Waals surface area contributed by atoms with E-state index in [4.69, 9.17) is 26.1 Å². The van der Waals surface area contributed by atoms with Crippen molar-refractivity contribution < 1.29 is 23.0 Å². The highest BCUT2D eigenvalue weighted by atomic mass is 35.5. The predicted octanol–water partition coefficient (Wildman–Crippen LogP) is 7.28. The quantitative estimate of drug-likeness (QED) is 0.155. The van der Waals surface area contributed by atoms with Gasteiger partial charge in [0, 0.05) is 42.5 Å². The first-order valence-corrected chi connectivity index (χ1v) is 18.3. The first-order chi connectivity index (χ1) is 25.9. The molecule has 282 valence electrons. The number of fused-ring (bicyclic) bond motifs is 2. The molecule has 0 saturated carbocycles. The van der Waals surface area contributed by atoms with Crippen LogP contribution in [0, 0.1) is 12.8 Å². The summed E-state index contributed by atoms with van der Waals surface area (Å²) in [5.41, 5.74) is 4.51. The van der Waals surface area contributed by atoms with E-state index in [1.807, 2.05) is 38.1 Å². The molecule has 0 amide bonds. The molecular formula is C40H41ClF2N6O5. The number of alkyl halides is 2. The Morgan fingerprint density at radius 3 is 2.41 bits per heavy atom. The average Bonchev–Trinajstić information content (AvgIpc) is 3.61. The maximum absolute atomic E-state index is 14.0. The van der Waals surface area contributed by atoms with Gasteiger partial charge in [0.25, 0.3) is 12.0 Å². The van der Waals surface area contributed by atoms with Crippen molar-refractivity contribution in [1.29, 1.82) is 0 Å². The number of pyridine rings is 2. The Kier molecular flexibility index (Phi) is 10.3. The van der Waals surface area contributed by atoms with Crippen LogP contribution in [0.15, 0.2) is 58.1 Å². The van der Waals surface area contributed by atoms with Gasteiger partial charge in [-0.15, -0.1) is 0 Å². The summed E-state index contributed by atoms with van der Waals surface area (Å²) in [6, 6.07) is 14.5. The molecule has 7 rings (SSSR count). The number of esters is 1. The van der Waals surface area contributed by atoms with Gasteiger partial charge in [0.05, 0.1) is 35.9 Å². The fourth-order valence-corrected chi connectivity index (χ4v) is 8.21. The van der Waals surface area contributed by atoms with Crippen LogP contribution in [-0.4, -0.2) is 56.8 Å². The summed E-state index contributed by atoms with van der Waals surface area (Å²) in [6.07, 6.45) is 0.342. The number of rotatable bonds is 9. The zero-order valence-corrected chi connectivity index (χ0v) is 31.5. The lowest BCUT2D eigenvalue weighted by atomic mass is 9.94. The molecule has 2 aliphatic rings. The molecule has 1 N–H and O–H groups in total. The van der Waals surface area contributed by atoms with E-state index in [9.17, 15) is 23.2 Å². The topological polar surface area (TPSA) is 121 Å². The van der Waals surface area contributed by atoms with Crippen LogP contribution >= 0.6 is 11.6 Å². The average molecular weight is 759 g/mol. The van der Waals surface area contributed by atoms with E-state index in [2.05, 4.69) is 21.3 Å². The zero-order valence-electron chi connectivity index (χ0n) is 30.7. The van der Waals surface area contributed by atoms with Gasteiger partial charge >= 0.3 is 11.7 Å². The van der Waals surface area contributed by atoms with Gasteiger partial charge in [0.15, 0.2) is 0 Å². The number of nitrogens with one attached hydrogen (secondary N) is 1. The first-order valence-electron chi connectivity index (χ1n) is 18.0. The zero-order chi connectivity index (χ0) is 38.4. The summed E-state index contributed by atoms with van der Waals surface area (Å²) in [5, 5.41) is 3.59. The second-order valence-corrected chi connectivity index (χ2v) is 14.2. The molecular weight excluding hydrogens is 718 g/mol. The molecule has 1 aliphatic carbocycles. The largest absolute Gasteiger partial charge is 0.481 e. The number of ether oxygens (including phenoxy) is 2. The Hall–Kier alpha value is -5.14. The molecule has 1 unspecified atom stereocenters. The van der Waals surface area contributed by atoms with E-state index in [1.165, 1.54) is 14.1 Å². The number of nitrogens with zero attached hydrogens (tertiary/aromatic N) is 5. The number of aromatic nitrogens is 4. The van der Waals surface area contributed by atoms with Crippen LogP contribution in [0.4, 0.5) is 20.3 Å². The van der Waals surface area contributed by atoms with Crippen molar-refractivity contribution in [3.63, 3.8) is 0 Å². The van der Waals surface area contributed by atoms with E-state index in [1.54, 1.807) is 19.2 Å². The molecule has 54 heavy (non-hydrogen) atoms. The van der Waals surface area contributed by atoms with Crippen LogP contribution in [0.1, 0.15) is 61.0 Å². The fraction of sp³-hybridized carbons (Fsp3) is 0.375. The maximum Gasteiger partial charge on any atom is 0.330 e. The number of carbonyl (C=O) groups is 1. The Morgan fingerprint density at radius 2 is 1.70 bits per heavy atom. The highest BCUT2D eigenvalue weighted by molar-refractivity contribution is 6.36. The van der Waals surface area contributed by atoms with Crippen molar-refractivity contribution in [2.45, 2.75) is 52.0 Å².